The second-order valence-electron chi connectivity index (χ2n) is 10.1. The van der Waals surface area contributed by atoms with Gasteiger partial charge in [0.15, 0.2) is 15.7 Å². The van der Waals surface area contributed by atoms with Gasteiger partial charge in [-0.3, -0.25) is 4.79 Å². The molecule has 2 bridgehead atoms. The smallest absolute Gasteiger partial charge is 0.286 e. The molecule has 10 nitrogen and oxygen atoms in total. The third kappa shape index (κ3) is 4.18. The fourth-order valence-corrected chi connectivity index (χ4v) is 7.79. The van der Waals surface area contributed by atoms with Crippen LogP contribution in [-0.2, 0) is 41.7 Å². The van der Waals surface area contributed by atoms with Crippen molar-refractivity contribution >= 4 is 37.3 Å². The lowest BCUT2D eigenvalue weighted by Gasteiger charge is -2.42. The minimum absolute atomic E-state index is 0.106. The van der Waals surface area contributed by atoms with Gasteiger partial charge in [-0.2, -0.15) is 8.42 Å². The van der Waals surface area contributed by atoms with Crippen molar-refractivity contribution in [2.24, 2.45) is 10.3 Å². The highest BCUT2D eigenvalue weighted by molar-refractivity contribution is 7.90. The lowest BCUT2D eigenvalue weighted by Crippen LogP contribution is -2.55. The van der Waals surface area contributed by atoms with Gasteiger partial charge in [0.2, 0.25) is 0 Å². The minimum atomic E-state index is -4.34. The van der Waals surface area contributed by atoms with Crippen molar-refractivity contribution in [1.82, 2.24) is 4.90 Å². The fraction of sp³-hybridized carbons (Fsp3) is 0.360. The zero-order valence-corrected chi connectivity index (χ0v) is 21.8. The average Bonchev–Trinajstić information content (AvgIpc) is 3.45. The Labute approximate surface area is 218 Å². The van der Waals surface area contributed by atoms with E-state index in [1.165, 1.54) is 30.3 Å². The van der Waals surface area contributed by atoms with Crippen molar-refractivity contribution < 1.29 is 35.9 Å². The quantitative estimate of drug-likeness (QED) is 0.566. The topological polar surface area (TPSA) is 142 Å². The Morgan fingerprint density at radius 1 is 1.13 bits per heavy atom. The summed E-state index contributed by atoms with van der Waals surface area (Å²) in [6.07, 6.45) is 1.83. The van der Waals surface area contributed by atoms with E-state index in [4.69, 9.17) is 4.74 Å². The van der Waals surface area contributed by atoms with E-state index in [9.17, 15) is 31.1 Å². The molecule has 0 saturated carbocycles. The molecule has 2 unspecified atom stereocenters. The van der Waals surface area contributed by atoms with Gasteiger partial charge in [0.05, 0.1) is 35.6 Å². The number of ether oxygens (including phenoxy) is 1. The molecule has 2 aromatic rings. The maximum absolute atomic E-state index is 13.9. The number of aliphatic hydroxyl groups is 1. The highest BCUT2D eigenvalue weighted by atomic mass is 32.2. The normalized spacial score (nSPS) is 27.6. The predicted molar refractivity (Wildman–Crippen MR) is 135 cm³/mol. The molecule has 6 rings (SSSR count). The Hall–Kier alpha value is -3.29. The average molecular weight is 562 g/mol. The molecule has 38 heavy (non-hydrogen) atoms. The van der Waals surface area contributed by atoms with E-state index in [1.807, 2.05) is 0 Å². The van der Waals surface area contributed by atoms with Crippen LogP contribution < -0.4 is 5.32 Å². The Bertz CT molecular complexity index is 1640. The van der Waals surface area contributed by atoms with Crippen LogP contribution in [0.3, 0.4) is 0 Å². The minimum Gasteiger partial charge on any atom is -0.511 e. The number of nitrogens with zero attached hydrogens (tertiary/aromatic N) is 2. The second kappa shape index (κ2) is 8.61. The Morgan fingerprint density at radius 3 is 2.53 bits per heavy atom. The first-order valence-corrected chi connectivity index (χ1v) is 15.5. The van der Waals surface area contributed by atoms with E-state index >= 15 is 0 Å². The van der Waals surface area contributed by atoms with Crippen LogP contribution >= 0.6 is 0 Å². The van der Waals surface area contributed by atoms with Gasteiger partial charge in [-0.25, -0.2) is 12.8 Å². The van der Waals surface area contributed by atoms with Gasteiger partial charge < -0.3 is 20.1 Å². The van der Waals surface area contributed by atoms with Crippen LogP contribution in [0.5, 0.6) is 0 Å². The molecule has 4 heterocycles. The molecule has 0 aliphatic carbocycles. The summed E-state index contributed by atoms with van der Waals surface area (Å²) in [6.45, 7) is 0.106. The number of rotatable bonds is 5. The number of anilines is 1. The van der Waals surface area contributed by atoms with E-state index in [2.05, 4.69) is 9.71 Å². The van der Waals surface area contributed by atoms with Crippen molar-refractivity contribution in [2.75, 3.05) is 11.6 Å². The first-order chi connectivity index (χ1) is 17.9. The van der Waals surface area contributed by atoms with Gasteiger partial charge in [-0.1, -0.05) is 18.2 Å². The molecule has 2 saturated heterocycles. The van der Waals surface area contributed by atoms with Gasteiger partial charge in [0.1, 0.15) is 22.0 Å². The van der Waals surface area contributed by atoms with E-state index in [1.54, 1.807) is 17.0 Å². The molecule has 2 fully saturated rings. The summed E-state index contributed by atoms with van der Waals surface area (Å²) < 4.78 is 73.0. The molecule has 2 N–H and O–H groups in total. The highest BCUT2D eigenvalue weighted by Gasteiger charge is 2.58. The molecule has 4 atom stereocenters. The number of aliphatic hydroxyl groups excluding tert-OH is 1. The monoisotopic (exact) mass is 561 g/mol. The summed E-state index contributed by atoms with van der Waals surface area (Å²) in [5.74, 6) is -2.54. The van der Waals surface area contributed by atoms with Crippen LogP contribution in [0.1, 0.15) is 24.0 Å². The number of fused-ring (bicyclic) bond motifs is 6. The van der Waals surface area contributed by atoms with Gasteiger partial charge in [0.25, 0.3) is 15.9 Å². The van der Waals surface area contributed by atoms with Gasteiger partial charge in [-0.15, -0.1) is 4.40 Å². The van der Waals surface area contributed by atoms with E-state index in [-0.39, 0.29) is 57.8 Å². The molecule has 0 aromatic heterocycles. The van der Waals surface area contributed by atoms with Gasteiger partial charge in [-0.05, 0) is 48.2 Å². The van der Waals surface area contributed by atoms with Crippen molar-refractivity contribution in [2.45, 2.75) is 48.3 Å². The number of sulfone groups is 1. The van der Waals surface area contributed by atoms with Gasteiger partial charge >= 0.3 is 0 Å². The van der Waals surface area contributed by atoms with Crippen LogP contribution in [0.15, 0.2) is 63.1 Å². The SMILES string of the molecule is CS(=O)(=O)Cc1ccc2c(c1)S(=O)(=O)N=C(C1=C(O)C3C([C@H]4CC[C@@H]3O4)N(Cc3ccc(F)cc3)C1=O)N2. The van der Waals surface area contributed by atoms with Crippen LogP contribution in [0.25, 0.3) is 0 Å². The molecule has 4 aliphatic rings. The number of sulfonamides is 1. The number of hydrogen-bond acceptors (Lipinski definition) is 8. The summed E-state index contributed by atoms with van der Waals surface area (Å²) >= 11 is 0. The lowest BCUT2D eigenvalue weighted by molar-refractivity contribution is -0.133. The lowest BCUT2D eigenvalue weighted by atomic mass is 9.77. The molecule has 200 valence electrons. The van der Waals surface area contributed by atoms with E-state index in [0.29, 0.717) is 12.0 Å². The third-order valence-electron chi connectivity index (χ3n) is 7.36. The van der Waals surface area contributed by atoms with E-state index in [0.717, 1.165) is 12.7 Å². The zero-order chi connectivity index (χ0) is 27.0. The fourth-order valence-electron chi connectivity index (χ4n) is 5.83. The number of amides is 1. The first kappa shape index (κ1) is 25.0. The van der Waals surface area contributed by atoms with Crippen molar-refractivity contribution in [3.05, 3.63) is 70.7 Å². The second-order valence-corrected chi connectivity index (χ2v) is 13.8. The van der Waals surface area contributed by atoms with Crippen LogP contribution in [0.4, 0.5) is 10.1 Å². The summed E-state index contributed by atoms with van der Waals surface area (Å²) in [6, 6.07) is 9.37. The number of hydrogen-bond donors (Lipinski definition) is 2. The first-order valence-electron chi connectivity index (χ1n) is 12.0. The molecule has 4 aliphatic heterocycles. The maximum Gasteiger partial charge on any atom is 0.286 e. The molecule has 0 radical (unpaired) electrons. The van der Waals surface area contributed by atoms with Crippen LogP contribution in [0, 0.1) is 11.7 Å². The van der Waals surface area contributed by atoms with Crippen LogP contribution in [0.2, 0.25) is 0 Å². The Kier molecular flexibility index (Phi) is 5.67. The standard InChI is InChI=1S/C25H24FN3O7S2/c1-37(32,33)12-14-4-7-16-19(10-14)38(34,35)28-24(27-16)21-23(30)20-17-8-9-18(36-17)22(20)29(25(21)31)11-13-2-5-15(26)6-3-13/h2-7,10,17-18,20,22,30H,8-9,11-12H2,1H3,(H,27,28)/t17-,18+,20?,22?/m0/s1. The molecular weight excluding hydrogens is 537 g/mol. The molecule has 1 amide bonds. The van der Waals surface area contributed by atoms with E-state index < -0.39 is 43.5 Å². The molecule has 13 heteroatoms. The van der Waals surface area contributed by atoms with Crippen molar-refractivity contribution in [3.63, 3.8) is 0 Å². The van der Waals surface area contributed by atoms with Gasteiger partial charge in [0, 0.05) is 12.8 Å². The largest absolute Gasteiger partial charge is 0.511 e. The molecule has 0 spiro atoms. The number of nitrogens with one attached hydrogen (secondary N) is 1. The number of carbonyl (C=O) groups is 1. The summed E-state index contributed by atoms with van der Waals surface area (Å²) in [7, 11) is -7.74. The number of amidine groups is 1. The van der Waals surface area contributed by atoms with Crippen molar-refractivity contribution in [3.8, 4) is 0 Å². The third-order valence-corrected chi connectivity index (χ3v) is 9.54. The summed E-state index contributed by atoms with van der Waals surface area (Å²) in [4.78, 5) is 15.2. The molecule has 2 aromatic carbocycles. The maximum atomic E-state index is 13.9. The van der Waals surface area contributed by atoms with Crippen LogP contribution in [-0.4, -0.2) is 63.1 Å². The Balaban J connectivity index is 1.41. The Morgan fingerprint density at radius 2 is 1.82 bits per heavy atom. The summed E-state index contributed by atoms with van der Waals surface area (Å²) in [5, 5.41) is 14.2. The number of carbonyl (C=O) groups excluding carboxylic acids is 1. The number of halogens is 1. The molecular formula is C25H24FN3O7S2. The zero-order valence-electron chi connectivity index (χ0n) is 20.2. The predicted octanol–water partition coefficient (Wildman–Crippen LogP) is 2.28. The highest BCUT2D eigenvalue weighted by Crippen LogP contribution is 2.48. The van der Waals surface area contributed by atoms with Crippen molar-refractivity contribution in [1.29, 1.82) is 0 Å². The summed E-state index contributed by atoms with van der Waals surface area (Å²) in [5.41, 5.74) is 0.783. The number of benzene rings is 2.